The Morgan fingerprint density at radius 2 is 2.00 bits per heavy atom. The average molecular weight is 152 g/mol. The number of carbonyl (C=O) groups is 1. The third-order valence-electron chi connectivity index (χ3n) is 1.18. The second kappa shape index (κ2) is 2.49. The SMILES string of the molecule is Nc1cc([O])cc(C(=O)O)c1. The predicted molar refractivity (Wildman–Crippen MR) is 37.9 cm³/mol. The summed E-state index contributed by atoms with van der Waals surface area (Å²) >= 11 is 0. The van der Waals surface area contributed by atoms with E-state index in [0.717, 1.165) is 6.07 Å². The quantitative estimate of drug-likeness (QED) is 0.591. The molecule has 0 bridgehead atoms. The molecule has 1 rings (SSSR count). The van der Waals surface area contributed by atoms with Gasteiger partial charge < -0.3 is 10.8 Å². The van der Waals surface area contributed by atoms with Crippen LogP contribution in [0.4, 0.5) is 5.69 Å². The normalized spacial score (nSPS) is 9.45. The van der Waals surface area contributed by atoms with Crippen LogP contribution in [0.25, 0.3) is 0 Å². The van der Waals surface area contributed by atoms with Crippen LogP contribution in [0.15, 0.2) is 18.2 Å². The number of nitrogen functional groups attached to an aromatic ring is 1. The number of hydrogen-bond donors (Lipinski definition) is 2. The van der Waals surface area contributed by atoms with E-state index in [1.807, 2.05) is 0 Å². The summed E-state index contributed by atoms with van der Waals surface area (Å²) in [5.74, 6) is -1.53. The van der Waals surface area contributed by atoms with Crippen molar-refractivity contribution in [2.45, 2.75) is 0 Å². The van der Waals surface area contributed by atoms with E-state index in [0.29, 0.717) is 0 Å². The Labute approximate surface area is 62.9 Å². The van der Waals surface area contributed by atoms with E-state index >= 15 is 0 Å². The van der Waals surface area contributed by atoms with Gasteiger partial charge in [0, 0.05) is 17.8 Å². The lowest BCUT2D eigenvalue weighted by atomic mass is 10.2. The van der Waals surface area contributed by atoms with Gasteiger partial charge in [0.15, 0.2) is 5.75 Å². The second-order valence-electron chi connectivity index (χ2n) is 2.10. The van der Waals surface area contributed by atoms with E-state index in [1.54, 1.807) is 0 Å². The van der Waals surface area contributed by atoms with E-state index in [4.69, 9.17) is 10.8 Å². The molecule has 0 unspecified atom stereocenters. The topological polar surface area (TPSA) is 83.2 Å². The minimum absolute atomic E-state index is 0.0741. The molecule has 0 saturated carbocycles. The first-order valence-corrected chi connectivity index (χ1v) is 2.90. The first-order chi connectivity index (χ1) is 5.09. The Morgan fingerprint density at radius 1 is 1.36 bits per heavy atom. The largest absolute Gasteiger partial charge is 0.478 e. The summed E-state index contributed by atoms with van der Waals surface area (Å²) in [4.78, 5) is 10.3. The van der Waals surface area contributed by atoms with Gasteiger partial charge in [-0.3, -0.25) is 5.11 Å². The summed E-state index contributed by atoms with van der Waals surface area (Å²) in [6.07, 6.45) is 0. The fraction of sp³-hybridized carbons (Fsp3) is 0. The van der Waals surface area contributed by atoms with E-state index in [1.165, 1.54) is 12.1 Å². The zero-order valence-electron chi connectivity index (χ0n) is 5.57. The highest BCUT2D eigenvalue weighted by atomic mass is 16.4. The van der Waals surface area contributed by atoms with Crippen molar-refractivity contribution in [2.24, 2.45) is 0 Å². The van der Waals surface area contributed by atoms with Gasteiger partial charge in [0.2, 0.25) is 0 Å². The van der Waals surface area contributed by atoms with E-state index in [9.17, 15) is 9.90 Å². The predicted octanol–water partition coefficient (Wildman–Crippen LogP) is 1.11. The monoisotopic (exact) mass is 152 g/mol. The van der Waals surface area contributed by atoms with Gasteiger partial charge in [-0.15, -0.1) is 0 Å². The number of nitrogens with two attached hydrogens (primary N) is 1. The van der Waals surface area contributed by atoms with Crippen LogP contribution in [0.2, 0.25) is 0 Å². The number of rotatable bonds is 1. The van der Waals surface area contributed by atoms with Crippen molar-refractivity contribution in [2.75, 3.05) is 5.73 Å². The smallest absolute Gasteiger partial charge is 0.335 e. The van der Waals surface area contributed by atoms with Crippen LogP contribution in [-0.2, 0) is 5.11 Å². The number of carboxylic acid groups (broad SMARTS) is 1. The van der Waals surface area contributed by atoms with Crippen LogP contribution in [-0.4, -0.2) is 11.1 Å². The molecule has 0 aliphatic heterocycles. The van der Waals surface area contributed by atoms with Gasteiger partial charge in [-0.2, -0.15) is 0 Å². The lowest BCUT2D eigenvalue weighted by Gasteiger charge is -1.95. The van der Waals surface area contributed by atoms with Crippen molar-refractivity contribution in [3.8, 4) is 5.75 Å². The molecular weight excluding hydrogens is 146 g/mol. The number of benzene rings is 1. The summed E-state index contributed by atoms with van der Waals surface area (Å²) in [5, 5.41) is 19.1. The van der Waals surface area contributed by atoms with Gasteiger partial charge in [-0.25, -0.2) is 4.79 Å². The van der Waals surface area contributed by atoms with Crippen LogP contribution in [0.3, 0.4) is 0 Å². The third kappa shape index (κ3) is 1.61. The number of hydrogen-bond acceptors (Lipinski definition) is 2. The van der Waals surface area contributed by atoms with Gasteiger partial charge >= 0.3 is 5.97 Å². The first-order valence-electron chi connectivity index (χ1n) is 2.90. The van der Waals surface area contributed by atoms with Crippen molar-refractivity contribution in [1.29, 1.82) is 0 Å². The van der Waals surface area contributed by atoms with Gasteiger partial charge in [0.05, 0.1) is 5.56 Å². The van der Waals surface area contributed by atoms with Crippen LogP contribution >= 0.6 is 0 Å². The van der Waals surface area contributed by atoms with Crippen molar-refractivity contribution in [1.82, 2.24) is 0 Å². The molecule has 1 aromatic rings. The zero-order valence-corrected chi connectivity index (χ0v) is 5.57. The molecule has 0 fully saturated rings. The minimum atomic E-state index is -1.14. The first kappa shape index (κ1) is 7.40. The summed E-state index contributed by atoms with van der Waals surface area (Å²) < 4.78 is 0. The zero-order chi connectivity index (χ0) is 8.43. The summed E-state index contributed by atoms with van der Waals surface area (Å²) in [7, 11) is 0. The van der Waals surface area contributed by atoms with Crippen molar-refractivity contribution >= 4 is 11.7 Å². The molecule has 0 amide bonds. The molecule has 3 N–H and O–H groups in total. The van der Waals surface area contributed by atoms with Crippen molar-refractivity contribution in [3.05, 3.63) is 23.8 Å². The molecule has 1 radical (unpaired) electrons. The molecule has 1 aromatic carbocycles. The van der Waals surface area contributed by atoms with Crippen LogP contribution in [0.1, 0.15) is 10.4 Å². The molecule has 0 atom stereocenters. The maximum absolute atomic E-state index is 10.7. The van der Waals surface area contributed by atoms with Crippen LogP contribution in [0, 0.1) is 0 Å². The highest BCUT2D eigenvalue weighted by Gasteiger charge is 2.05. The van der Waals surface area contributed by atoms with Crippen molar-refractivity contribution < 1.29 is 15.0 Å². The molecular formula is C7H6NO3. The molecule has 0 spiro atoms. The van der Waals surface area contributed by atoms with Gasteiger partial charge in [-0.05, 0) is 6.07 Å². The highest BCUT2D eigenvalue weighted by molar-refractivity contribution is 5.89. The number of anilines is 1. The lowest BCUT2D eigenvalue weighted by Crippen LogP contribution is -1.97. The summed E-state index contributed by atoms with van der Waals surface area (Å²) in [6.45, 7) is 0. The van der Waals surface area contributed by atoms with Gasteiger partial charge in [0.25, 0.3) is 0 Å². The molecule has 4 nitrogen and oxygen atoms in total. The van der Waals surface area contributed by atoms with Gasteiger partial charge in [0.1, 0.15) is 0 Å². The highest BCUT2D eigenvalue weighted by Crippen LogP contribution is 2.17. The Hall–Kier alpha value is -1.71. The van der Waals surface area contributed by atoms with Crippen molar-refractivity contribution in [3.63, 3.8) is 0 Å². The molecule has 0 saturated heterocycles. The minimum Gasteiger partial charge on any atom is -0.478 e. The fourth-order valence-corrected chi connectivity index (χ4v) is 0.746. The molecule has 0 aliphatic rings. The van der Waals surface area contributed by atoms with Gasteiger partial charge in [-0.1, -0.05) is 0 Å². The fourth-order valence-electron chi connectivity index (χ4n) is 0.746. The summed E-state index contributed by atoms with van der Waals surface area (Å²) in [5.41, 5.74) is 5.34. The van der Waals surface area contributed by atoms with E-state index in [-0.39, 0.29) is 17.0 Å². The Bertz CT molecular complexity index is 275. The molecule has 0 aromatic heterocycles. The van der Waals surface area contributed by atoms with E-state index in [2.05, 4.69) is 0 Å². The number of aromatic carboxylic acids is 1. The van der Waals surface area contributed by atoms with E-state index < -0.39 is 5.97 Å². The second-order valence-corrected chi connectivity index (χ2v) is 2.10. The Balaban J connectivity index is 3.19. The maximum Gasteiger partial charge on any atom is 0.335 e. The molecule has 0 aliphatic carbocycles. The number of carboxylic acids is 1. The molecule has 57 valence electrons. The average Bonchev–Trinajstić information content (AvgIpc) is 1.85. The molecule has 11 heavy (non-hydrogen) atoms. The van der Waals surface area contributed by atoms with Crippen LogP contribution < -0.4 is 5.73 Å². The molecule has 0 heterocycles. The Kier molecular flexibility index (Phi) is 1.68. The summed E-state index contributed by atoms with van der Waals surface area (Å²) in [6, 6.07) is 3.44. The lowest BCUT2D eigenvalue weighted by molar-refractivity contribution is 0.0696. The Morgan fingerprint density at radius 3 is 2.45 bits per heavy atom. The van der Waals surface area contributed by atoms with Crippen LogP contribution in [0.5, 0.6) is 5.75 Å². The standard InChI is InChI=1S/C7H6NO3/c8-5-1-4(7(10)11)2-6(9)3-5/h1-3H,8H2,(H,10,11). The molecule has 4 heteroatoms. The maximum atomic E-state index is 10.7. The third-order valence-corrected chi connectivity index (χ3v) is 1.18.